The molecule has 5 rings (SSSR count). The standard InChI is InChI=1S/C29H28N4O3/c1-29(2,3)36-27(34)18-33-26(14-13-19-16-30-23-11-7-5-9-21(19)23)31-24(28(33)35)15-20-17-32(4)25-12-8-6-10-22(20)25/h5-17,31H,18H2,1-4H3/b19-13?,24-15-,26-14?. The van der Waals surface area contributed by atoms with E-state index in [2.05, 4.69) is 9.98 Å². The summed E-state index contributed by atoms with van der Waals surface area (Å²) in [5.74, 6) is -0.476. The molecule has 1 aliphatic heterocycles. The van der Waals surface area contributed by atoms with Crippen molar-refractivity contribution in [1.82, 2.24) is 14.1 Å². The normalized spacial score (nSPS) is 15.3. The Hall–Kier alpha value is -4.39. The maximum atomic E-state index is 13.5. The van der Waals surface area contributed by atoms with Gasteiger partial charge < -0.3 is 14.3 Å². The number of carbonyl (C=O) groups is 1. The van der Waals surface area contributed by atoms with Crippen molar-refractivity contribution in [2.45, 2.75) is 32.9 Å². The van der Waals surface area contributed by atoms with E-state index >= 15 is 0 Å². The van der Waals surface area contributed by atoms with Crippen molar-refractivity contribution in [2.75, 3.05) is 0 Å². The SMILES string of the molecule is Cn1cc(/C=c2\[nH]c(=CC=C3C=Nc4ccccc43)n(CC(=O)OC(C)(C)C)c2=O)c2ccccc21. The number of carbonyl (C=O) groups excluding carboxylic acids is 1. The molecule has 1 aliphatic rings. The van der Waals surface area contributed by atoms with Crippen LogP contribution >= 0.6 is 0 Å². The van der Waals surface area contributed by atoms with E-state index in [1.54, 1.807) is 33.1 Å². The van der Waals surface area contributed by atoms with Crippen molar-refractivity contribution >= 4 is 46.5 Å². The number of fused-ring (bicyclic) bond motifs is 2. The first-order chi connectivity index (χ1) is 17.2. The zero-order chi connectivity index (χ0) is 25.4. The molecule has 0 saturated carbocycles. The lowest BCUT2D eigenvalue weighted by Gasteiger charge is -2.19. The zero-order valence-electron chi connectivity index (χ0n) is 20.8. The van der Waals surface area contributed by atoms with Gasteiger partial charge in [-0.1, -0.05) is 36.4 Å². The van der Waals surface area contributed by atoms with Crippen molar-refractivity contribution in [3.8, 4) is 0 Å². The summed E-state index contributed by atoms with van der Waals surface area (Å²) < 4.78 is 8.93. The molecule has 4 aromatic rings. The van der Waals surface area contributed by atoms with Crippen LogP contribution in [-0.4, -0.2) is 31.9 Å². The number of rotatable bonds is 4. The Morgan fingerprint density at radius 2 is 1.83 bits per heavy atom. The van der Waals surface area contributed by atoms with Gasteiger partial charge in [0.25, 0.3) is 5.56 Å². The number of imidazole rings is 1. The van der Waals surface area contributed by atoms with Gasteiger partial charge in [0.05, 0.1) is 5.69 Å². The molecule has 36 heavy (non-hydrogen) atoms. The Morgan fingerprint density at radius 3 is 2.64 bits per heavy atom. The molecule has 7 nitrogen and oxygen atoms in total. The van der Waals surface area contributed by atoms with Gasteiger partial charge in [-0.05, 0) is 51.1 Å². The molecular weight excluding hydrogens is 452 g/mol. The van der Waals surface area contributed by atoms with Crippen LogP contribution in [0.15, 0.2) is 70.6 Å². The molecule has 0 unspecified atom stereocenters. The van der Waals surface area contributed by atoms with Crippen molar-refractivity contribution < 1.29 is 9.53 Å². The predicted octanol–water partition coefficient (Wildman–Crippen LogP) is 3.42. The van der Waals surface area contributed by atoms with Gasteiger partial charge in [0.15, 0.2) is 0 Å². The van der Waals surface area contributed by atoms with Crippen molar-refractivity contribution in [1.29, 1.82) is 0 Å². The quantitative estimate of drug-likeness (QED) is 0.455. The molecule has 0 saturated heterocycles. The van der Waals surface area contributed by atoms with Crippen LogP contribution in [0.2, 0.25) is 0 Å². The third-order valence-electron chi connectivity index (χ3n) is 5.94. The molecule has 0 fully saturated rings. The Balaban J connectivity index is 1.64. The highest BCUT2D eigenvalue weighted by atomic mass is 16.6. The van der Waals surface area contributed by atoms with Gasteiger partial charge in [0.2, 0.25) is 0 Å². The van der Waals surface area contributed by atoms with Crippen molar-refractivity contribution in [3.63, 3.8) is 0 Å². The summed E-state index contributed by atoms with van der Waals surface area (Å²) in [7, 11) is 1.97. The fourth-order valence-corrected chi connectivity index (χ4v) is 4.39. The van der Waals surface area contributed by atoms with Crippen LogP contribution in [0.3, 0.4) is 0 Å². The number of hydrogen-bond donors (Lipinski definition) is 1. The molecule has 3 heterocycles. The second-order valence-electron chi connectivity index (χ2n) is 9.82. The third-order valence-corrected chi connectivity index (χ3v) is 5.94. The lowest BCUT2D eigenvalue weighted by atomic mass is 10.1. The Labute approximate surface area is 208 Å². The first kappa shape index (κ1) is 23.4. The molecule has 7 heteroatoms. The molecule has 0 atom stereocenters. The van der Waals surface area contributed by atoms with E-state index in [4.69, 9.17) is 4.74 Å². The minimum atomic E-state index is -0.648. The average Bonchev–Trinajstić information content (AvgIpc) is 3.47. The molecule has 1 N–H and O–H groups in total. The van der Waals surface area contributed by atoms with Gasteiger partial charge in [-0.3, -0.25) is 19.1 Å². The number of nitrogens with zero attached hydrogens (tertiary/aromatic N) is 3. The van der Waals surface area contributed by atoms with Crippen LogP contribution in [0.25, 0.3) is 28.6 Å². The Bertz CT molecular complexity index is 1720. The highest BCUT2D eigenvalue weighted by molar-refractivity contribution is 6.17. The lowest BCUT2D eigenvalue weighted by molar-refractivity contribution is -0.155. The number of para-hydroxylation sites is 2. The van der Waals surface area contributed by atoms with Gasteiger partial charge in [0, 0.05) is 47.1 Å². The van der Waals surface area contributed by atoms with E-state index < -0.39 is 11.6 Å². The highest BCUT2D eigenvalue weighted by Crippen LogP contribution is 2.30. The van der Waals surface area contributed by atoms with Gasteiger partial charge in [0.1, 0.15) is 23.0 Å². The number of esters is 1. The second-order valence-corrected chi connectivity index (χ2v) is 9.82. The number of ether oxygens (including phenoxy) is 1. The number of hydrogen-bond acceptors (Lipinski definition) is 4. The zero-order valence-corrected chi connectivity index (χ0v) is 20.8. The largest absolute Gasteiger partial charge is 0.459 e. The van der Waals surface area contributed by atoms with Gasteiger partial charge in [-0.2, -0.15) is 0 Å². The number of nitrogens with one attached hydrogen (secondary N) is 1. The van der Waals surface area contributed by atoms with Crippen LogP contribution in [0.4, 0.5) is 5.69 Å². The Morgan fingerprint density at radius 1 is 1.08 bits per heavy atom. The van der Waals surface area contributed by atoms with Crippen LogP contribution < -0.4 is 16.4 Å². The van der Waals surface area contributed by atoms with Gasteiger partial charge in [-0.25, -0.2) is 0 Å². The Kier molecular flexibility index (Phi) is 5.84. The van der Waals surface area contributed by atoms with Crippen molar-refractivity contribution in [2.24, 2.45) is 12.0 Å². The first-order valence-electron chi connectivity index (χ1n) is 11.8. The molecule has 0 bridgehead atoms. The van der Waals surface area contributed by atoms with E-state index in [-0.39, 0.29) is 12.1 Å². The summed E-state index contributed by atoms with van der Waals surface area (Å²) >= 11 is 0. The van der Waals surface area contributed by atoms with E-state index in [1.165, 1.54) is 4.57 Å². The molecule has 2 aromatic heterocycles. The van der Waals surface area contributed by atoms with E-state index in [0.29, 0.717) is 10.8 Å². The van der Waals surface area contributed by atoms with E-state index in [0.717, 1.165) is 33.3 Å². The molecule has 182 valence electrons. The number of aromatic amines is 1. The number of aliphatic imine (C=N–C) groups is 1. The molecule has 0 radical (unpaired) electrons. The van der Waals surface area contributed by atoms with E-state index in [9.17, 15) is 9.59 Å². The summed E-state index contributed by atoms with van der Waals surface area (Å²) in [5.41, 5.74) is 4.39. The average molecular weight is 481 g/mol. The fraction of sp³-hybridized carbons (Fsp3) is 0.207. The molecular formula is C29H28N4O3. The maximum Gasteiger partial charge on any atom is 0.326 e. The van der Waals surface area contributed by atoms with Gasteiger partial charge in [-0.15, -0.1) is 0 Å². The predicted molar refractivity (Wildman–Crippen MR) is 144 cm³/mol. The fourth-order valence-electron chi connectivity index (χ4n) is 4.39. The smallest absolute Gasteiger partial charge is 0.326 e. The molecule has 2 aromatic carbocycles. The number of benzene rings is 2. The maximum absolute atomic E-state index is 13.5. The summed E-state index contributed by atoms with van der Waals surface area (Å²) in [6.45, 7) is 5.21. The number of allylic oxidation sites excluding steroid dienone is 2. The van der Waals surface area contributed by atoms with Crippen molar-refractivity contribution in [3.05, 3.63) is 93.1 Å². The topological polar surface area (TPSA) is 81.4 Å². The van der Waals surface area contributed by atoms with Crippen LogP contribution in [0.1, 0.15) is 31.9 Å². The summed E-state index contributed by atoms with van der Waals surface area (Å²) in [6.07, 6.45) is 9.31. The molecule has 0 spiro atoms. The highest BCUT2D eigenvalue weighted by Gasteiger charge is 2.18. The third kappa shape index (κ3) is 4.60. The summed E-state index contributed by atoms with van der Waals surface area (Å²) in [5, 5.41) is 1.43. The number of aryl methyl sites for hydroxylation is 1. The molecule has 0 aliphatic carbocycles. The number of aromatic nitrogens is 3. The van der Waals surface area contributed by atoms with Crippen LogP contribution in [0.5, 0.6) is 0 Å². The number of H-pyrrole nitrogens is 1. The molecule has 0 amide bonds. The van der Waals surface area contributed by atoms with Crippen LogP contribution in [-0.2, 0) is 23.1 Å². The minimum Gasteiger partial charge on any atom is -0.459 e. The summed E-state index contributed by atoms with van der Waals surface area (Å²) in [6, 6.07) is 15.9. The minimum absolute atomic E-state index is 0.199. The lowest BCUT2D eigenvalue weighted by Crippen LogP contribution is -2.36. The summed E-state index contributed by atoms with van der Waals surface area (Å²) in [4.78, 5) is 33.8. The second kappa shape index (κ2) is 9.00. The first-order valence-corrected chi connectivity index (χ1v) is 11.8. The van der Waals surface area contributed by atoms with E-state index in [1.807, 2.05) is 78.5 Å². The van der Waals surface area contributed by atoms with Crippen LogP contribution in [0, 0.1) is 0 Å². The van der Waals surface area contributed by atoms with Gasteiger partial charge >= 0.3 is 5.97 Å². The monoisotopic (exact) mass is 480 g/mol.